The van der Waals surface area contributed by atoms with Gasteiger partial charge in [-0.3, -0.25) is 9.78 Å². The second kappa shape index (κ2) is 8.62. The molecular weight excluding hydrogens is 440 g/mol. The minimum Gasteiger partial charge on any atom is -0.388 e. The normalized spacial score (nSPS) is 19.2. The van der Waals surface area contributed by atoms with E-state index in [-0.39, 0.29) is 11.3 Å². The number of hydrogen-bond donors (Lipinski definition) is 1. The molecule has 168 valence electrons. The molecule has 1 amide bonds. The largest absolute Gasteiger partial charge is 0.388 e. The highest BCUT2D eigenvalue weighted by atomic mass is 35.5. The molecule has 0 unspecified atom stereocenters. The lowest BCUT2D eigenvalue weighted by molar-refractivity contribution is -0.0107. The topological polar surface area (TPSA) is 53.4 Å². The molecule has 0 saturated carbocycles. The van der Waals surface area contributed by atoms with Crippen LogP contribution in [-0.4, -0.2) is 39.6 Å². The third-order valence-electron chi connectivity index (χ3n) is 5.90. The van der Waals surface area contributed by atoms with Crippen molar-refractivity contribution in [3.63, 3.8) is 0 Å². The summed E-state index contributed by atoms with van der Waals surface area (Å²) in [6, 6.07) is 11.8. The quantitative estimate of drug-likeness (QED) is 0.482. The summed E-state index contributed by atoms with van der Waals surface area (Å²) in [4.78, 5) is 20.2. The summed E-state index contributed by atoms with van der Waals surface area (Å²) in [5.74, 6) is -0.0863. The van der Waals surface area contributed by atoms with Gasteiger partial charge in [0, 0.05) is 46.4 Å². The van der Waals surface area contributed by atoms with Crippen molar-refractivity contribution >= 4 is 28.8 Å². The molecule has 0 bridgehead atoms. The SMILES string of the molecule is CC(C)(C)c1cc(-c2csc(-c3ccc(C(=O)N4CCC[C@@](C)(O)C4)cc3Cl)c2)ccn1. The maximum absolute atomic E-state index is 12.9. The summed E-state index contributed by atoms with van der Waals surface area (Å²) in [6.07, 6.45) is 3.37. The van der Waals surface area contributed by atoms with E-state index in [0.717, 1.165) is 33.7 Å². The Hall–Kier alpha value is -2.21. The first-order valence-corrected chi connectivity index (χ1v) is 12.2. The van der Waals surface area contributed by atoms with Crippen LogP contribution in [0.4, 0.5) is 0 Å². The van der Waals surface area contributed by atoms with Crippen molar-refractivity contribution in [2.24, 2.45) is 0 Å². The Morgan fingerprint density at radius 1 is 1.19 bits per heavy atom. The number of piperidine rings is 1. The highest BCUT2D eigenvalue weighted by Crippen LogP contribution is 2.37. The monoisotopic (exact) mass is 468 g/mol. The molecule has 0 radical (unpaired) electrons. The third kappa shape index (κ3) is 4.90. The minimum atomic E-state index is -0.829. The van der Waals surface area contributed by atoms with Gasteiger partial charge in [-0.1, -0.05) is 38.4 Å². The lowest BCUT2D eigenvalue weighted by Crippen LogP contribution is -2.48. The van der Waals surface area contributed by atoms with Crippen molar-refractivity contribution in [2.45, 2.75) is 51.6 Å². The summed E-state index contributed by atoms with van der Waals surface area (Å²) in [6.45, 7) is 9.26. The van der Waals surface area contributed by atoms with Crippen LogP contribution >= 0.6 is 22.9 Å². The average molecular weight is 469 g/mol. The van der Waals surface area contributed by atoms with E-state index in [9.17, 15) is 9.90 Å². The number of aliphatic hydroxyl groups is 1. The van der Waals surface area contributed by atoms with Gasteiger partial charge in [0.25, 0.3) is 5.91 Å². The van der Waals surface area contributed by atoms with Gasteiger partial charge in [0.2, 0.25) is 0 Å². The molecule has 1 aromatic carbocycles. The van der Waals surface area contributed by atoms with Crippen LogP contribution in [0.15, 0.2) is 48.0 Å². The maximum atomic E-state index is 12.9. The van der Waals surface area contributed by atoms with Crippen LogP contribution < -0.4 is 0 Å². The maximum Gasteiger partial charge on any atom is 0.254 e. The average Bonchev–Trinajstić information content (AvgIpc) is 3.22. The Labute approximate surface area is 198 Å². The third-order valence-corrected chi connectivity index (χ3v) is 7.18. The van der Waals surface area contributed by atoms with Gasteiger partial charge < -0.3 is 10.0 Å². The Balaban J connectivity index is 1.57. The van der Waals surface area contributed by atoms with Crippen LogP contribution in [0.3, 0.4) is 0 Å². The lowest BCUT2D eigenvalue weighted by atomic mass is 9.90. The standard InChI is InChI=1S/C26H29ClN2O2S/c1-25(2,3)23-14-17(8-10-28-23)19-13-22(32-15-19)20-7-6-18(12-21(20)27)24(30)29-11-5-9-26(4,31)16-29/h6-8,10,12-15,31H,5,9,11,16H2,1-4H3/t26-/m1/s1. The second-order valence-electron chi connectivity index (χ2n) is 9.90. The van der Waals surface area contributed by atoms with Crippen molar-refractivity contribution in [3.8, 4) is 21.6 Å². The molecule has 0 spiro atoms. The minimum absolute atomic E-state index is 0.0115. The van der Waals surface area contributed by atoms with Gasteiger partial charge in [-0.15, -0.1) is 11.3 Å². The molecule has 3 aromatic rings. The number of rotatable bonds is 3. The number of pyridine rings is 1. The first-order chi connectivity index (χ1) is 15.0. The molecule has 1 aliphatic rings. The van der Waals surface area contributed by atoms with Crippen LogP contribution in [0.5, 0.6) is 0 Å². The lowest BCUT2D eigenvalue weighted by Gasteiger charge is -2.36. The smallest absolute Gasteiger partial charge is 0.254 e. The highest BCUT2D eigenvalue weighted by Gasteiger charge is 2.31. The van der Waals surface area contributed by atoms with E-state index in [4.69, 9.17) is 11.6 Å². The highest BCUT2D eigenvalue weighted by molar-refractivity contribution is 7.14. The van der Waals surface area contributed by atoms with Crippen LogP contribution in [0.2, 0.25) is 5.02 Å². The van der Waals surface area contributed by atoms with E-state index in [1.54, 1.807) is 29.2 Å². The molecule has 6 heteroatoms. The van der Waals surface area contributed by atoms with Crippen LogP contribution in [0.1, 0.15) is 56.6 Å². The van der Waals surface area contributed by atoms with Crippen LogP contribution in [0.25, 0.3) is 21.6 Å². The van der Waals surface area contributed by atoms with Gasteiger partial charge in [0.1, 0.15) is 0 Å². The zero-order valence-corrected chi connectivity index (χ0v) is 20.6. The van der Waals surface area contributed by atoms with E-state index in [0.29, 0.717) is 30.1 Å². The number of likely N-dealkylation sites (tertiary alicyclic amines) is 1. The Bertz CT molecular complexity index is 1150. The molecule has 2 aromatic heterocycles. The number of nitrogens with zero attached hydrogens (tertiary/aromatic N) is 2. The van der Waals surface area contributed by atoms with Crippen molar-refractivity contribution in [1.29, 1.82) is 0 Å². The van der Waals surface area contributed by atoms with Gasteiger partial charge in [0.05, 0.1) is 10.6 Å². The van der Waals surface area contributed by atoms with Crippen molar-refractivity contribution in [3.05, 3.63) is 64.3 Å². The Kier molecular flexibility index (Phi) is 6.19. The van der Waals surface area contributed by atoms with E-state index < -0.39 is 5.60 Å². The molecule has 1 aliphatic heterocycles. The molecule has 1 saturated heterocycles. The van der Waals surface area contributed by atoms with Gasteiger partial charge in [-0.05, 0) is 66.6 Å². The first kappa shape index (κ1) is 23.0. The number of amides is 1. The number of thiophene rings is 1. The number of aromatic nitrogens is 1. The predicted octanol–water partition coefficient (Wildman–Crippen LogP) is 6.42. The Morgan fingerprint density at radius 2 is 1.97 bits per heavy atom. The molecule has 32 heavy (non-hydrogen) atoms. The first-order valence-electron chi connectivity index (χ1n) is 10.9. The number of hydrogen-bond acceptors (Lipinski definition) is 4. The summed E-state index contributed by atoms with van der Waals surface area (Å²) in [7, 11) is 0. The molecule has 4 rings (SSSR count). The number of benzene rings is 1. The van der Waals surface area contributed by atoms with Crippen molar-refractivity contribution < 1.29 is 9.90 Å². The van der Waals surface area contributed by atoms with Crippen LogP contribution in [-0.2, 0) is 5.41 Å². The second-order valence-corrected chi connectivity index (χ2v) is 11.2. The zero-order valence-electron chi connectivity index (χ0n) is 19.0. The predicted molar refractivity (Wildman–Crippen MR) is 132 cm³/mol. The fourth-order valence-corrected chi connectivity index (χ4v) is 5.37. The van der Waals surface area contributed by atoms with Gasteiger partial charge in [-0.2, -0.15) is 0 Å². The van der Waals surface area contributed by atoms with E-state index in [1.807, 2.05) is 24.4 Å². The molecular formula is C26H29ClN2O2S. The summed E-state index contributed by atoms with van der Waals surface area (Å²) in [5, 5.41) is 13.0. The number of carbonyl (C=O) groups is 1. The molecule has 1 atom stereocenters. The van der Waals surface area contributed by atoms with Gasteiger partial charge in [0.15, 0.2) is 0 Å². The fraction of sp³-hybridized carbons (Fsp3) is 0.385. The summed E-state index contributed by atoms with van der Waals surface area (Å²) in [5.41, 5.74) is 3.94. The molecule has 1 fully saturated rings. The van der Waals surface area contributed by atoms with E-state index in [2.05, 4.69) is 43.3 Å². The number of halogens is 1. The summed E-state index contributed by atoms with van der Waals surface area (Å²) < 4.78 is 0. The fourth-order valence-electron chi connectivity index (χ4n) is 4.07. The van der Waals surface area contributed by atoms with Crippen molar-refractivity contribution in [2.75, 3.05) is 13.1 Å². The Morgan fingerprint density at radius 3 is 2.66 bits per heavy atom. The molecule has 3 heterocycles. The van der Waals surface area contributed by atoms with Gasteiger partial charge >= 0.3 is 0 Å². The zero-order chi connectivity index (χ0) is 23.1. The molecule has 1 N–H and O–H groups in total. The van der Waals surface area contributed by atoms with E-state index in [1.165, 1.54) is 0 Å². The molecule has 4 nitrogen and oxygen atoms in total. The van der Waals surface area contributed by atoms with Crippen molar-refractivity contribution in [1.82, 2.24) is 9.88 Å². The van der Waals surface area contributed by atoms with E-state index >= 15 is 0 Å². The van der Waals surface area contributed by atoms with Crippen LogP contribution in [0, 0.1) is 0 Å². The number of carbonyl (C=O) groups excluding carboxylic acids is 1. The number of β-amino-alcohol motifs (C(OH)–C–C–N with tert-alkyl or cyclic N) is 1. The molecule has 0 aliphatic carbocycles. The van der Waals surface area contributed by atoms with Gasteiger partial charge in [-0.25, -0.2) is 0 Å². The summed E-state index contributed by atoms with van der Waals surface area (Å²) >= 11 is 8.25.